The predicted octanol–water partition coefficient (Wildman–Crippen LogP) is 5.95. The Labute approximate surface area is 162 Å². The molecular formula is C21H20ClNO2S. The lowest BCUT2D eigenvalue weighted by Gasteiger charge is -2.19. The van der Waals surface area contributed by atoms with Crippen molar-refractivity contribution in [1.29, 1.82) is 0 Å². The van der Waals surface area contributed by atoms with Crippen LogP contribution in [0.15, 0.2) is 60.0 Å². The number of carbonyl (C=O) groups excluding carboxylic acids is 1. The average Bonchev–Trinajstić information content (AvgIpc) is 3.11. The summed E-state index contributed by atoms with van der Waals surface area (Å²) in [6.45, 7) is 4.20. The number of esters is 1. The lowest BCUT2D eigenvalue weighted by atomic mass is 9.88. The van der Waals surface area contributed by atoms with Crippen molar-refractivity contribution in [3.8, 4) is 10.6 Å². The fraction of sp³-hybridized carbons (Fsp3) is 0.238. The summed E-state index contributed by atoms with van der Waals surface area (Å²) in [5.41, 5.74) is 2.75. The first-order valence-corrected chi connectivity index (χ1v) is 9.72. The molecule has 0 aliphatic heterocycles. The molecule has 3 rings (SSSR count). The maximum atomic E-state index is 12.6. The zero-order valence-electron chi connectivity index (χ0n) is 14.7. The van der Waals surface area contributed by atoms with E-state index < -0.39 is 0 Å². The van der Waals surface area contributed by atoms with Gasteiger partial charge in [-0.2, -0.15) is 0 Å². The van der Waals surface area contributed by atoms with E-state index in [0.717, 1.165) is 21.8 Å². The summed E-state index contributed by atoms with van der Waals surface area (Å²) in [6, 6.07) is 17.3. The molecule has 1 heterocycles. The molecule has 1 unspecified atom stereocenters. The molecule has 0 amide bonds. The number of hydrogen-bond acceptors (Lipinski definition) is 4. The summed E-state index contributed by atoms with van der Waals surface area (Å²) in [6.07, 6.45) is 0. The Bertz CT molecular complexity index is 859. The normalized spacial score (nSPS) is 12.2. The van der Waals surface area contributed by atoms with E-state index in [1.54, 1.807) is 23.5 Å². The van der Waals surface area contributed by atoms with Gasteiger partial charge in [-0.3, -0.25) is 4.79 Å². The molecule has 0 fully saturated rings. The average molecular weight is 386 g/mol. The number of benzene rings is 2. The van der Waals surface area contributed by atoms with Crippen LogP contribution in [0, 0.1) is 5.92 Å². The molecule has 0 N–H and O–H groups in total. The predicted molar refractivity (Wildman–Crippen MR) is 106 cm³/mol. The summed E-state index contributed by atoms with van der Waals surface area (Å²) in [7, 11) is 0. The topological polar surface area (TPSA) is 39.2 Å². The van der Waals surface area contributed by atoms with E-state index in [0.29, 0.717) is 5.02 Å². The van der Waals surface area contributed by atoms with Crippen molar-refractivity contribution in [2.45, 2.75) is 26.4 Å². The van der Waals surface area contributed by atoms with Crippen molar-refractivity contribution in [3.05, 3.63) is 76.3 Å². The van der Waals surface area contributed by atoms with Crippen LogP contribution in [-0.2, 0) is 16.1 Å². The van der Waals surface area contributed by atoms with E-state index in [9.17, 15) is 4.79 Å². The van der Waals surface area contributed by atoms with Gasteiger partial charge in [-0.25, -0.2) is 4.98 Å². The molecule has 0 spiro atoms. The fourth-order valence-electron chi connectivity index (χ4n) is 2.78. The van der Waals surface area contributed by atoms with Crippen molar-refractivity contribution in [3.63, 3.8) is 0 Å². The number of aromatic nitrogens is 1. The number of carbonyl (C=O) groups is 1. The van der Waals surface area contributed by atoms with E-state index >= 15 is 0 Å². The number of thiazole rings is 1. The SMILES string of the molecule is CC(C)C(C(=O)OCc1csc(-c2ccccc2)n1)c1ccc(Cl)cc1. The lowest BCUT2D eigenvalue weighted by molar-refractivity contribution is -0.148. The zero-order chi connectivity index (χ0) is 18.5. The third-order valence-electron chi connectivity index (χ3n) is 4.08. The molecular weight excluding hydrogens is 366 g/mol. The first-order valence-electron chi connectivity index (χ1n) is 8.46. The molecule has 3 nitrogen and oxygen atoms in total. The fourth-order valence-corrected chi connectivity index (χ4v) is 3.72. The molecule has 0 aliphatic carbocycles. The first-order chi connectivity index (χ1) is 12.5. The van der Waals surface area contributed by atoms with Crippen molar-refractivity contribution in [1.82, 2.24) is 4.98 Å². The van der Waals surface area contributed by atoms with Crippen LogP contribution < -0.4 is 0 Å². The van der Waals surface area contributed by atoms with Crippen LogP contribution in [0.1, 0.15) is 31.0 Å². The molecule has 0 saturated carbocycles. The minimum Gasteiger partial charge on any atom is -0.459 e. The highest BCUT2D eigenvalue weighted by Crippen LogP contribution is 2.28. The van der Waals surface area contributed by atoms with Crippen LogP contribution in [0.5, 0.6) is 0 Å². The maximum absolute atomic E-state index is 12.6. The van der Waals surface area contributed by atoms with Gasteiger partial charge in [-0.15, -0.1) is 11.3 Å². The van der Waals surface area contributed by atoms with Gasteiger partial charge in [0.05, 0.1) is 11.6 Å². The Morgan fingerprint density at radius 1 is 1.12 bits per heavy atom. The van der Waals surface area contributed by atoms with E-state index in [1.807, 2.05) is 61.7 Å². The maximum Gasteiger partial charge on any atom is 0.314 e. The van der Waals surface area contributed by atoms with Gasteiger partial charge in [0.25, 0.3) is 0 Å². The first kappa shape index (κ1) is 18.6. The van der Waals surface area contributed by atoms with Gasteiger partial charge < -0.3 is 4.74 Å². The van der Waals surface area contributed by atoms with Crippen molar-refractivity contribution in [2.75, 3.05) is 0 Å². The second kappa shape index (κ2) is 8.47. The number of hydrogen-bond donors (Lipinski definition) is 0. The Morgan fingerprint density at radius 3 is 2.46 bits per heavy atom. The summed E-state index contributed by atoms with van der Waals surface area (Å²) in [4.78, 5) is 17.2. The Balaban J connectivity index is 1.67. The molecule has 0 aliphatic rings. The summed E-state index contributed by atoms with van der Waals surface area (Å²) >= 11 is 7.50. The lowest BCUT2D eigenvalue weighted by Crippen LogP contribution is -2.20. The van der Waals surface area contributed by atoms with Crippen molar-refractivity contribution >= 4 is 28.9 Å². The smallest absolute Gasteiger partial charge is 0.314 e. The minimum atomic E-state index is -0.320. The molecule has 0 radical (unpaired) electrons. The van der Waals surface area contributed by atoms with Gasteiger partial charge in [-0.1, -0.05) is 67.9 Å². The van der Waals surface area contributed by atoms with Gasteiger partial charge >= 0.3 is 5.97 Å². The van der Waals surface area contributed by atoms with Crippen LogP contribution in [0.25, 0.3) is 10.6 Å². The van der Waals surface area contributed by atoms with Gasteiger partial charge in [0.2, 0.25) is 0 Å². The van der Waals surface area contributed by atoms with E-state index in [2.05, 4.69) is 4.98 Å². The van der Waals surface area contributed by atoms with E-state index in [1.165, 1.54) is 0 Å². The van der Waals surface area contributed by atoms with Crippen LogP contribution in [0.4, 0.5) is 0 Å². The second-order valence-electron chi connectivity index (χ2n) is 6.39. The highest BCUT2D eigenvalue weighted by Gasteiger charge is 2.26. The molecule has 0 bridgehead atoms. The zero-order valence-corrected chi connectivity index (χ0v) is 16.3. The monoisotopic (exact) mass is 385 g/mol. The molecule has 1 aromatic heterocycles. The largest absolute Gasteiger partial charge is 0.459 e. The highest BCUT2D eigenvalue weighted by molar-refractivity contribution is 7.13. The summed E-state index contributed by atoms with van der Waals surface area (Å²) in [5, 5.41) is 3.51. The molecule has 1 atom stereocenters. The van der Waals surface area contributed by atoms with Crippen molar-refractivity contribution < 1.29 is 9.53 Å². The second-order valence-corrected chi connectivity index (χ2v) is 7.69. The highest BCUT2D eigenvalue weighted by atomic mass is 35.5. The van der Waals surface area contributed by atoms with Crippen molar-refractivity contribution in [2.24, 2.45) is 5.92 Å². The van der Waals surface area contributed by atoms with Crippen LogP contribution in [0.2, 0.25) is 5.02 Å². The third kappa shape index (κ3) is 4.51. The number of ether oxygens (including phenoxy) is 1. The molecule has 26 heavy (non-hydrogen) atoms. The Morgan fingerprint density at radius 2 is 1.81 bits per heavy atom. The van der Waals surface area contributed by atoms with Crippen LogP contribution >= 0.6 is 22.9 Å². The number of halogens is 1. The van der Waals surface area contributed by atoms with Crippen LogP contribution in [-0.4, -0.2) is 11.0 Å². The molecule has 5 heteroatoms. The Kier molecular flexibility index (Phi) is 6.07. The molecule has 0 saturated heterocycles. The van der Waals surface area contributed by atoms with Crippen LogP contribution in [0.3, 0.4) is 0 Å². The third-order valence-corrected chi connectivity index (χ3v) is 5.28. The summed E-state index contributed by atoms with van der Waals surface area (Å²) < 4.78 is 5.56. The van der Waals surface area contributed by atoms with Gasteiger partial charge in [0.15, 0.2) is 0 Å². The minimum absolute atomic E-state index is 0.124. The molecule has 2 aromatic carbocycles. The van der Waals surface area contributed by atoms with Gasteiger partial charge in [0, 0.05) is 16.0 Å². The van der Waals surface area contributed by atoms with E-state index in [-0.39, 0.29) is 24.4 Å². The quantitative estimate of drug-likeness (QED) is 0.492. The molecule has 3 aromatic rings. The number of nitrogens with zero attached hydrogens (tertiary/aromatic N) is 1. The molecule has 134 valence electrons. The summed E-state index contributed by atoms with van der Waals surface area (Å²) in [5.74, 6) is -0.435. The van der Waals surface area contributed by atoms with E-state index in [4.69, 9.17) is 16.3 Å². The van der Waals surface area contributed by atoms with Gasteiger partial charge in [0.1, 0.15) is 11.6 Å². The number of rotatable bonds is 6. The standard InChI is InChI=1S/C21H20ClNO2S/c1-14(2)19(15-8-10-17(22)11-9-15)21(24)25-12-18-13-26-20(23-18)16-6-4-3-5-7-16/h3-11,13-14,19H,12H2,1-2H3. The van der Waals surface area contributed by atoms with Gasteiger partial charge in [-0.05, 0) is 23.6 Å². The Hall–Kier alpha value is -2.17.